The van der Waals surface area contributed by atoms with E-state index in [2.05, 4.69) is 20.6 Å². The first-order valence-electron chi connectivity index (χ1n) is 7.67. The van der Waals surface area contributed by atoms with Crippen LogP contribution >= 0.6 is 0 Å². The number of hydrogen-bond acceptors (Lipinski definition) is 4. The highest BCUT2D eigenvalue weighted by atomic mass is 16.4. The molecule has 2 aromatic carbocycles. The number of aliphatic carboxylic acids is 1. The van der Waals surface area contributed by atoms with Gasteiger partial charge in [0.25, 0.3) is 5.56 Å². The number of aromatic nitrogens is 3. The van der Waals surface area contributed by atoms with Crippen LogP contribution in [0.25, 0.3) is 33.5 Å². The maximum absolute atomic E-state index is 12.2. The van der Waals surface area contributed by atoms with Crippen LogP contribution in [0.3, 0.4) is 0 Å². The Morgan fingerprint density at radius 2 is 2.12 bits per heavy atom. The van der Waals surface area contributed by atoms with Crippen molar-refractivity contribution in [2.24, 2.45) is 0 Å². The van der Waals surface area contributed by atoms with Crippen molar-refractivity contribution in [2.45, 2.75) is 0 Å². The Hall–Kier alpha value is -3.88. The summed E-state index contributed by atoms with van der Waals surface area (Å²) in [6.07, 6.45) is 4.16. The molecule has 0 aliphatic carbocycles. The highest BCUT2D eigenvalue weighted by Gasteiger charge is 2.15. The van der Waals surface area contributed by atoms with Crippen LogP contribution in [-0.4, -0.2) is 38.5 Å². The smallest absolute Gasteiger partial charge is 0.329 e. The zero-order chi connectivity index (χ0) is 18.4. The molecule has 0 atom stereocenters. The number of fused-ring (bicyclic) bond motifs is 5. The lowest BCUT2D eigenvalue weighted by molar-refractivity contribution is -0.129. The third kappa shape index (κ3) is 2.25. The number of carboxylic acids is 1. The number of amides is 2. The van der Waals surface area contributed by atoms with E-state index >= 15 is 0 Å². The van der Waals surface area contributed by atoms with Gasteiger partial charge in [0.2, 0.25) is 5.65 Å². The number of H-pyrrole nitrogens is 1. The molecule has 2 amide bonds. The van der Waals surface area contributed by atoms with Gasteiger partial charge in [-0.3, -0.25) is 9.20 Å². The fourth-order valence-electron chi connectivity index (χ4n) is 3.11. The van der Waals surface area contributed by atoms with E-state index in [1.807, 2.05) is 0 Å². The Morgan fingerprint density at radius 1 is 1.31 bits per heavy atom. The molecule has 26 heavy (non-hydrogen) atoms. The third-order valence-electron chi connectivity index (χ3n) is 4.15. The van der Waals surface area contributed by atoms with Gasteiger partial charge in [-0.15, -0.1) is 0 Å². The highest BCUT2D eigenvalue weighted by molar-refractivity contribution is 6.14. The average Bonchev–Trinajstić information content (AvgIpc) is 3.19. The van der Waals surface area contributed by atoms with E-state index in [-0.39, 0.29) is 11.2 Å². The van der Waals surface area contributed by atoms with Gasteiger partial charge in [0.15, 0.2) is 0 Å². The maximum atomic E-state index is 12.2. The third-order valence-corrected chi connectivity index (χ3v) is 4.15. The molecule has 0 radical (unpaired) electrons. The second-order valence-corrected chi connectivity index (χ2v) is 5.66. The van der Waals surface area contributed by atoms with Crippen molar-refractivity contribution in [2.75, 3.05) is 12.4 Å². The van der Waals surface area contributed by atoms with Crippen LogP contribution < -0.4 is 21.4 Å². The topological polar surface area (TPSA) is 129 Å². The Labute approximate surface area is 144 Å². The normalized spacial score (nSPS) is 12.1. The molecule has 4 rings (SSSR count). The van der Waals surface area contributed by atoms with Gasteiger partial charge in [-0.2, -0.15) is 0 Å². The summed E-state index contributed by atoms with van der Waals surface area (Å²) in [7, 11) is 1.49. The predicted molar refractivity (Wildman–Crippen MR) is 96.2 cm³/mol. The van der Waals surface area contributed by atoms with E-state index < -0.39 is 12.0 Å². The van der Waals surface area contributed by atoms with Crippen LogP contribution in [0.1, 0.15) is 0 Å². The molecule has 0 saturated carbocycles. The van der Waals surface area contributed by atoms with Gasteiger partial charge in [0.1, 0.15) is 0 Å². The molecule has 9 nitrogen and oxygen atoms in total. The van der Waals surface area contributed by atoms with Gasteiger partial charge in [-0.05, 0) is 17.5 Å². The fourth-order valence-corrected chi connectivity index (χ4v) is 3.11. The molecule has 0 unspecified atom stereocenters. The molecule has 2 aromatic heterocycles. The molecule has 9 heteroatoms. The number of carboxylic acid groups (broad SMARTS) is 1. The largest absolute Gasteiger partial charge is 0.478 e. The Kier molecular flexibility index (Phi) is 3.36. The van der Waals surface area contributed by atoms with Gasteiger partial charge in [0, 0.05) is 41.8 Å². The SMILES string of the molecule is CNC(=O)Nc1ccc2c(c1)c(=CC(=O)O)c1c2[nH]c(=O)c2nccn21. The number of hydrogen-bond donors (Lipinski definition) is 4. The number of nitrogens with one attached hydrogen (secondary N) is 3. The molecule has 4 aromatic rings. The fraction of sp³-hybridized carbons (Fsp3) is 0.0588. The molecule has 0 spiro atoms. The summed E-state index contributed by atoms with van der Waals surface area (Å²) in [6.45, 7) is 0. The molecule has 0 fully saturated rings. The zero-order valence-corrected chi connectivity index (χ0v) is 13.5. The number of benzene rings is 1. The van der Waals surface area contributed by atoms with Gasteiger partial charge >= 0.3 is 12.0 Å². The lowest BCUT2D eigenvalue weighted by Gasteiger charge is -2.04. The molecule has 4 N–H and O–H groups in total. The molecule has 0 aliphatic heterocycles. The van der Waals surface area contributed by atoms with Crippen molar-refractivity contribution in [1.29, 1.82) is 0 Å². The van der Waals surface area contributed by atoms with E-state index in [9.17, 15) is 19.5 Å². The maximum Gasteiger partial charge on any atom is 0.329 e. The monoisotopic (exact) mass is 351 g/mol. The minimum absolute atomic E-state index is 0.177. The van der Waals surface area contributed by atoms with E-state index in [0.717, 1.165) is 6.08 Å². The second-order valence-electron chi connectivity index (χ2n) is 5.66. The standard InChI is InChI=1S/C17H13N5O4/c1-18-17(26)20-8-2-3-9-10(6-8)11(7-12(23)24)14-13(9)21-16(25)15-19-4-5-22(14)15/h2-7H,1H3,(H,21,25)(H,23,24)(H2,18,20,26). The molecule has 0 saturated heterocycles. The van der Waals surface area contributed by atoms with Gasteiger partial charge in [0.05, 0.1) is 11.0 Å². The summed E-state index contributed by atoms with van der Waals surface area (Å²) in [5.74, 6) is -1.12. The summed E-state index contributed by atoms with van der Waals surface area (Å²) < 4.78 is 1.56. The number of anilines is 1. The summed E-state index contributed by atoms with van der Waals surface area (Å²) in [5, 5.41) is 16.1. The van der Waals surface area contributed by atoms with Gasteiger partial charge in [-0.1, -0.05) is 6.07 Å². The minimum atomic E-state index is -1.12. The molecule has 130 valence electrons. The highest BCUT2D eigenvalue weighted by Crippen LogP contribution is 2.25. The van der Waals surface area contributed by atoms with E-state index in [0.29, 0.717) is 32.7 Å². The molecule has 2 heterocycles. The van der Waals surface area contributed by atoms with Crippen molar-refractivity contribution in [1.82, 2.24) is 19.7 Å². The number of aromatic amines is 1. The summed E-state index contributed by atoms with van der Waals surface area (Å²) >= 11 is 0. The zero-order valence-electron chi connectivity index (χ0n) is 13.5. The number of rotatable bonds is 2. The van der Waals surface area contributed by atoms with Crippen molar-refractivity contribution >= 4 is 51.2 Å². The van der Waals surface area contributed by atoms with Crippen LogP contribution in [0.4, 0.5) is 10.5 Å². The van der Waals surface area contributed by atoms with Crippen LogP contribution in [0.15, 0.2) is 35.4 Å². The van der Waals surface area contributed by atoms with E-state index in [4.69, 9.17) is 0 Å². The lowest BCUT2D eigenvalue weighted by Crippen LogP contribution is -2.24. The molecule has 0 aliphatic rings. The first-order valence-corrected chi connectivity index (χ1v) is 7.67. The predicted octanol–water partition coefficient (Wildman–Crippen LogP) is 0.664. The van der Waals surface area contributed by atoms with Crippen LogP contribution in [0, 0.1) is 0 Å². The van der Waals surface area contributed by atoms with Gasteiger partial charge in [-0.25, -0.2) is 14.6 Å². The first-order chi connectivity index (χ1) is 12.5. The van der Waals surface area contributed by atoms with Gasteiger partial charge < -0.3 is 20.7 Å². The van der Waals surface area contributed by atoms with E-state index in [1.165, 1.54) is 13.2 Å². The lowest BCUT2D eigenvalue weighted by atomic mass is 10.2. The summed E-state index contributed by atoms with van der Waals surface area (Å²) in [4.78, 5) is 42.0. The molecule has 0 bridgehead atoms. The Morgan fingerprint density at radius 3 is 2.85 bits per heavy atom. The first kappa shape index (κ1) is 15.6. The molecular weight excluding hydrogens is 338 g/mol. The number of carbonyl (C=O) groups is 2. The Balaban J connectivity index is 2.18. The Bertz CT molecular complexity index is 1320. The van der Waals surface area contributed by atoms with E-state index in [1.54, 1.807) is 28.8 Å². The average molecular weight is 351 g/mol. The van der Waals surface area contributed by atoms with Crippen LogP contribution in [0.2, 0.25) is 0 Å². The summed E-state index contributed by atoms with van der Waals surface area (Å²) in [6, 6.07) is 4.67. The number of urea groups is 1. The number of imidazole rings is 1. The van der Waals surface area contributed by atoms with Crippen molar-refractivity contribution in [3.05, 3.63) is 46.2 Å². The number of carbonyl (C=O) groups excluding carboxylic acids is 1. The second kappa shape index (κ2) is 5.59. The van der Waals surface area contributed by atoms with Crippen molar-refractivity contribution < 1.29 is 14.7 Å². The summed E-state index contributed by atoms with van der Waals surface area (Å²) in [5.41, 5.74) is 1.35. The van der Waals surface area contributed by atoms with Crippen molar-refractivity contribution in [3.63, 3.8) is 0 Å². The minimum Gasteiger partial charge on any atom is -0.478 e. The number of nitrogens with zero attached hydrogens (tertiary/aromatic N) is 2. The van der Waals surface area contributed by atoms with Crippen LogP contribution in [-0.2, 0) is 4.79 Å². The quantitative estimate of drug-likeness (QED) is 0.422. The van der Waals surface area contributed by atoms with Crippen LogP contribution in [0.5, 0.6) is 0 Å². The molecular formula is C17H13N5O4. The van der Waals surface area contributed by atoms with Crippen molar-refractivity contribution in [3.8, 4) is 0 Å².